The molecule has 0 unspecified atom stereocenters. The number of hydrogen-bond donors (Lipinski definition) is 0. The zero-order chi connectivity index (χ0) is 11.5. The molecule has 0 saturated heterocycles. The van der Waals surface area contributed by atoms with Crippen molar-refractivity contribution < 1.29 is 9.18 Å². The van der Waals surface area contributed by atoms with Crippen molar-refractivity contribution in [1.82, 2.24) is 15.2 Å². The molecular formula is C11H8FN3O. The van der Waals surface area contributed by atoms with Gasteiger partial charge in [-0.15, -0.1) is 5.10 Å². The zero-order valence-corrected chi connectivity index (χ0v) is 8.51. The van der Waals surface area contributed by atoms with Gasteiger partial charge in [-0.25, -0.2) is 9.37 Å². The van der Waals surface area contributed by atoms with Gasteiger partial charge in [-0.3, -0.25) is 4.79 Å². The first kappa shape index (κ1) is 10.4. The summed E-state index contributed by atoms with van der Waals surface area (Å²) in [7, 11) is 0. The molecule has 2 aromatic rings. The van der Waals surface area contributed by atoms with Crippen molar-refractivity contribution in [3.63, 3.8) is 0 Å². The molecule has 4 nitrogen and oxygen atoms in total. The van der Waals surface area contributed by atoms with Crippen molar-refractivity contribution in [3.05, 3.63) is 42.1 Å². The molecule has 0 fully saturated rings. The van der Waals surface area contributed by atoms with Crippen LogP contribution in [0.1, 0.15) is 17.5 Å². The summed E-state index contributed by atoms with van der Waals surface area (Å²) in [5.74, 6) is -0.518. The van der Waals surface area contributed by atoms with E-state index in [1.165, 1.54) is 25.3 Å². The number of nitrogens with zero attached hydrogens (tertiary/aromatic N) is 3. The normalized spacial score (nSPS) is 10.1. The van der Waals surface area contributed by atoms with E-state index < -0.39 is 0 Å². The molecule has 0 spiro atoms. The number of benzene rings is 1. The molecule has 0 aliphatic heterocycles. The maximum Gasteiger partial charge on any atom is 0.218 e. The van der Waals surface area contributed by atoms with Crippen LogP contribution in [0.3, 0.4) is 0 Å². The van der Waals surface area contributed by atoms with Gasteiger partial charge in [0.05, 0.1) is 11.9 Å². The van der Waals surface area contributed by atoms with Crippen molar-refractivity contribution in [2.75, 3.05) is 0 Å². The van der Waals surface area contributed by atoms with Gasteiger partial charge in [-0.05, 0) is 24.3 Å². The van der Waals surface area contributed by atoms with E-state index in [2.05, 4.69) is 15.2 Å². The summed E-state index contributed by atoms with van der Waals surface area (Å²) in [6, 6.07) is 5.79. The average molecular weight is 217 g/mol. The highest BCUT2D eigenvalue weighted by Gasteiger charge is 2.06. The predicted octanol–water partition coefficient (Wildman–Crippen LogP) is 1.88. The highest BCUT2D eigenvalue weighted by atomic mass is 19.1. The Morgan fingerprint density at radius 3 is 2.56 bits per heavy atom. The summed E-state index contributed by atoms with van der Waals surface area (Å²) in [4.78, 5) is 15.1. The van der Waals surface area contributed by atoms with Crippen LogP contribution in [0, 0.1) is 5.82 Å². The van der Waals surface area contributed by atoms with Crippen LogP contribution in [0.5, 0.6) is 0 Å². The van der Waals surface area contributed by atoms with E-state index in [0.717, 1.165) is 0 Å². The van der Waals surface area contributed by atoms with Gasteiger partial charge in [-0.1, -0.05) is 0 Å². The molecule has 16 heavy (non-hydrogen) atoms. The molecule has 0 atom stereocenters. The lowest BCUT2D eigenvalue weighted by molar-refractivity contribution is 0.100. The van der Waals surface area contributed by atoms with Crippen LogP contribution in [0.25, 0.3) is 11.3 Å². The third-order valence-corrected chi connectivity index (χ3v) is 2.01. The third kappa shape index (κ3) is 2.08. The van der Waals surface area contributed by atoms with E-state index in [1.807, 2.05) is 0 Å². The molecule has 0 aliphatic carbocycles. The van der Waals surface area contributed by atoms with Crippen molar-refractivity contribution in [1.29, 1.82) is 0 Å². The van der Waals surface area contributed by atoms with Crippen LogP contribution in [0.2, 0.25) is 0 Å². The summed E-state index contributed by atoms with van der Waals surface area (Å²) in [6.07, 6.45) is 1.43. The van der Waals surface area contributed by atoms with Gasteiger partial charge in [0.2, 0.25) is 5.82 Å². The van der Waals surface area contributed by atoms with Gasteiger partial charge >= 0.3 is 0 Å². The number of carbonyl (C=O) groups is 1. The molecule has 0 radical (unpaired) electrons. The van der Waals surface area contributed by atoms with Crippen molar-refractivity contribution in [3.8, 4) is 11.3 Å². The SMILES string of the molecule is CC(=O)c1nncc(-c2ccc(F)cc2)n1. The minimum absolute atomic E-state index is 0.0572. The first-order valence-electron chi connectivity index (χ1n) is 4.63. The number of halogens is 1. The van der Waals surface area contributed by atoms with E-state index in [9.17, 15) is 9.18 Å². The maximum atomic E-state index is 12.7. The first-order chi connectivity index (χ1) is 7.66. The molecule has 80 valence electrons. The predicted molar refractivity (Wildman–Crippen MR) is 55.2 cm³/mol. The van der Waals surface area contributed by atoms with Gasteiger partial charge in [0.1, 0.15) is 5.82 Å². The standard InChI is InChI=1S/C11H8FN3O/c1-7(16)11-14-10(6-13-15-11)8-2-4-9(12)5-3-8/h2-6H,1H3. The fourth-order valence-corrected chi connectivity index (χ4v) is 1.21. The Hall–Kier alpha value is -2.17. The average Bonchev–Trinajstić information content (AvgIpc) is 2.30. The smallest absolute Gasteiger partial charge is 0.218 e. The van der Waals surface area contributed by atoms with Gasteiger partial charge < -0.3 is 0 Å². The molecule has 5 heteroatoms. The molecule has 0 bridgehead atoms. The van der Waals surface area contributed by atoms with Crippen LogP contribution in [0.4, 0.5) is 4.39 Å². The van der Waals surface area contributed by atoms with E-state index in [-0.39, 0.29) is 17.4 Å². The molecule has 0 N–H and O–H groups in total. The van der Waals surface area contributed by atoms with Gasteiger partial charge in [0.25, 0.3) is 0 Å². The summed E-state index contributed by atoms with van der Waals surface area (Å²) < 4.78 is 12.7. The monoisotopic (exact) mass is 217 g/mol. The fourth-order valence-electron chi connectivity index (χ4n) is 1.21. The minimum atomic E-state index is -0.322. The maximum absolute atomic E-state index is 12.7. The Morgan fingerprint density at radius 1 is 1.25 bits per heavy atom. The molecule has 0 amide bonds. The molecular weight excluding hydrogens is 209 g/mol. The molecule has 1 aromatic heterocycles. The second-order valence-electron chi connectivity index (χ2n) is 3.23. The lowest BCUT2D eigenvalue weighted by Crippen LogP contribution is -2.03. The van der Waals surface area contributed by atoms with E-state index in [1.54, 1.807) is 12.1 Å². The van der Waals surface area contributed by atoms with Crippen molar-refractivity contribution in [2.24, 2.45) is 0 Å². The van der Waals surface area contributed by atoms with Crippen LogP contribution < -0.4 is 0 Å². The number of Topliss-reactive ketones (excluding diaryl/α,β-unsaturated/α-hetero) is 1. The Morgan fingerprint density at radius 2 is 1.94 bits per heavy atom. The van der Waals surface area contributed by atoms with Crippen LogP contribution in [-0.4, -0.2) is 21.0 Å². The third-order valence-electron chi connectivity index (χ3n) is 2.01. The number of hydrogen-bond acceptors (Lipinski definition) is 4. The van der Waals surface area contributed by atoms with Crippen LogP contribution in [0.15, 0.2) is 30.5 Å². The summed E-state index contributed by atoms with van der Waals surface area (Å²) in [6.45, 7) is 1.37. The van der Waals surface area contributed by atoms with Crippen molar-refractivity contribution >= 4 is 5.78 Å². The molecule has 1 aromatic carbocycles. The topological polar surface area (TPSA) is 55.7 Å². The van der Waals surface area contributed by atoms with E-state index >= 15 is 0 Å². The molecule has 0 aliphatic rings. The van der Waals surface area contributed by atoms with Gasteiger partial charge in [-0.2, -0.15) is 5.10 Å². The summed E-state index contributed by atoms with van der Waals surface area (Å²) >= 11 is 0. The van der Waals surface area contributed by atoms with Gasteiger partial charge in [0.15, 0.2) is 5.78 Å². The number of carbonyl (C=O) groups excluding carboxylic acids is 1. The van der Waals surface area contributed by atoms with Crippen LogP contribution in [-0.2, 0) is 0 Å². The second kappa shape index (κ2) is 4.14. The molecule has 1 heterocycles. The lowest BCUT2D eigenvalue weighted by atomic mass is 10.1. The van der Waals surface area contributed by atoms with Crippen LogP contribution >= 0.6 is 0 Å². The fraction of sp³-hybridized carbons (Fsp3) is 0.0909. The number of ketones is 1. The second-order valence-corrected chi connectivity index (χ2v) is 3.23. The summed E-state index contributed by atoms with van der Waals surface area (Å²) in [5, 5.41) is 7.27. The van der Waals surface area contributed by atoms with Crippen molar-refractivity contribution in [2.45, 2.75) is 6.92 Å². The highest BCUT2D eigenvalue weighted by Crippen LogP contribution is 2.15. The minimum Gasteiger partial charge on any atom is -0.291 e. The first-order valence-corrected chi connectivity index (χ1v) is 4.63. The Bertz CT molecular complexity index is 525. The zero-order valence-electron chi connectivity index (χ0n) is 8.51. The van der Waals surface area contributed by atoms with Gasteiger partial charge in [0, 0.05) is 12.5 Å². The molecule has 0 saturated carbocycles. The lowest BCUT2D eigenvalue weighted by Gasteiger charge is -2.00. The Labute approximate surface area is 91.2 Å². The largest absolute Gasteiger partial charge is 0.291 e. The van der Waals surface area contributed by atoms with E-state index in [4.69, 9.17) is 0 Å². The number of rotatable bonds is 2. The molecule has 2 rings (SSSR count). The Balaban J connectivity index is 2.44. The van der Waals surface area contributed by atoms with E-state index in [0.29, 0.717) is 11.3 Å². The quantitative estimate of drug-likeness (QED) is 0.720. The highest BCUT2D eigenvalue weighted by molar-refractivity contribution is 5.90. The Kier molecular flexibility index (Phi) is 2.68. The summed E-state index contributed by atoms with van der Waals surface area (Å²) in [5.41, 5.74) is 1.19. The number of aromatic nitrogens is 3.